The summed E-state index contributed by atoms with van der Waals surface area (Å²) in [6, 6.07) is 3.93. The molecule has 0 saturated heterocycles. The van der Waals surface area contributed by atoms with Crippen LogP contribution in [0.25, 0.3) is 0 Å². The summed E-state index contributed by atoms with van der Waals surface area (Å²) in [6.45, 7) is 0. The van der Waals surface area contributed by atoms with Gasteiger partial charge in [0.05, 0.1) is 22.5 Å². The van der Waals surface area contributed by atoms with Crippen LogP contribution in [0.1, 0.15) is 10.4 Å². The molecular weight excluding hydrogens is 229 g/mol. The first-order chi connectivity index (χ1) is 6.56. The van der Waals surface area contributed by atoms with E-state index in [0.29, 0.717) is 0 Å². The molecule has 0 aliphatic carbocycles. The van der Waals surface area contributed by atoms with E-state index in [4.69, 9.17) is 0 Å². The Hall–Kier alpha value is -0.560. The average molecular weight is 237 g/mol. The number of hydrogen-bond donors (Lipinski definition) is 1. The topological polar surface area (TPSA) is 69.4 Å². The van der Waals surface area contributed by atoms with E-state index in [2.05, 4.69) is 17.4 Å². The van der Waals surface area contributed by atoms with Crippen molar-refractivity contribution in [2.45, 2.75) is 4.90 Å². The Morgan fingerprint density at radius 1 is 1.53 bits per heavy atom. The molecule has 1 aromatic carbocycles. The summed E-state index contributed by atoms with van der Waals surface area (Å²) >= 11 is 3.89. The second-order valence-corrected chi connectivity index (χ2v) is 2.93. The van der Waals surface area contributed by atoms with E-state index in [-0.39, 0.29) is 45.7 Å². The number of methoxy groups -OCH3 is 1. The number of ether oxygens (including phenoxy) is 1. The van der Waals surface area contributed by atoms with Crippen molar-refractivity contribution in [3.05, 3.63) is 33.9 Å². The maximum absolute atomic E-state index is 11.0. The zero-order chi connectivity index (χ0) is 10.7. The molecular formula is C8H8NNaO4S. The summed E-state index contributed by atoms with van der Waals surface area (Å²) in [4.78, 5) is 21.1. The third-order valence-corrected chi connectivity index (χ3v) is 1.97. The molecule has 0 N–H and O–H groups in total. The van der Waals surface area contributed by atoms with Gasteiger partial charge in [-0.3, -0.25) is 10.1 Å². The Bertz CT molecular complexity index is 396. The Kier molecular flexibility index (Phi) is 5.89. The van der Waals surface area contributed by atoms with Gasteiger partial charge in [0.15, 0.2) is 0 Å². The number of rotatable bonds is 2. The van der Waals surface area contributed by atoms with Gasteiger partial charge >= 0.3 is 35.5 Å². The number of nitro benzene ring substituents is 1. The van der Waals surface area contributed by atoms with Gasteiger partial charge in [0.1, 0.15) is 0 Å². The van der Waals surface area contributed by atoms with E-state index in [0.717, 1.165) is 6.07 Å². The van der Waals surface area contributed by atoms with E-state index < -0.39 is 10.9 Å². The van der Waals surface area contributed by atoms with Crippen LogP contribution in [0.4, 0.5) is 5.69 Å². The van der Waals surface area contributed by atoms with E-state index >= 15 is 0 Å². The van der Waals surface area contributed by atoms with Crippen LogP contribution in [0.15, 0.2) is 23.1 Å². The van der Waals surface area contributed by atoms with Crippen LogP contribution >= 0.6 is 12.6 Å². The fourth-order valence-corrected chi connectivity index (χ4v) is 1.14. The molecule has 76 valence electrons. The molecule has 0 heterocycles. The SMILES string of the molecule is COC(=O)c1ccc(S)c([N+](=O)[O-])c1.[NaH]. The van der Waals surface area contributed by atoms with Crippen LogP contribution in [0.3, 0.4) is 0 Å². The molecule has 7 heteroatoms. The second kappa shape index (κ2) is 6.12. The number of carbonyl (C=O) groups excluding carboxylic acids is 1. The normalized spacial score (nSPS) is 8.93. The van der Waals surface area contributed by atoms with Gasteiger partial charge in [-0.15, -0.1) is 12.6 Å². The number of carbonyl (C=O) groups is 1. The van der Waals surface area contributed by atoms with E-state index in [1.807, 2.05) is 0 Å². The van der Waals surface area contributed by atoms with Crippen molar-refractivity contribution in [3.63, 3.8) is 0 Å². The van der Waals surface area contributed by atoms with Crippen LogP contribution in [-0.2, 0) is 4.74 Å². The van der Waals surface area contributed by atoms with Crippen LogP contribution in [0.2, 0.25) is 0 Å². The zero-order valence-electron chi connectivity index (χ0n) is 7.26. The van der Waals surface area contributed by atoms with Crippen LogP contribution < -0.4 is 0 Å². The molecule has 0 atom stereocenters. The Labute approximate surface area is 114 Å². The third-order valence-electron chi connectivity index (χ3n) is 1.59. The third kappa shape index (κ3) is 3.49. The van der Waals surface area contributed by atoms with E-state index in [1.165, 1.54) is 19.2 Å². The van der Waals surface area contributed by atoms with Crippen molar-refractivity contribution < 1.29 is 14.5 Å². The Balaban J connectivity index is 0.00000196. The predicted molar refractivity (Wildman–Crippen MR) is 58.8 cm³/mol. The van der Waals surface area contributed by atoms with Crippen molar-refractivity contribution in [3.8, 4) is 0 Å². The Morgan fingerprint density at radius 3 is 2.60 bits per heavy atom. The molecule has 0 unspecified atom stereocenters. The molecule has 1 rings (SSSR count). The van der Waals surface area contributed by atoms with Gasteiger partial charge in [-0.25, -0.2) is 4.79 Å². The molecule has 0 aliphatic heterocycles. The van der Waals surface area contributed by atoms with E-state index in [1.54, 1.807) is 0 Å². The van der Waals surface area contributed by atoms with Gasteiger partial charge in [0.2, 0.25) is 0 Å². The molecule has 0 radical (unpaired) electrons. The second-order valence-electron chi connectivity index (χ2n) is 2.45. The van der Waals surface area contributed by atoms with Crippen molar-refractivity contribution >= 4 is 53.8 Å². The molecule has 0 fully saturated rings. The monoisotopic (exact) mass is 237 g/mol. The number of benzene rings is 1. The summed E-state index contributed by atoms with van der Waals surface area (Å²) in [5, 5.41) is 10.5. The molecule has 0 amide bonds. The molecule has 0 bridgehead atoms. The quantitative estimate of drug-likeness (QED) is 0.274. The molecule has 0 aliphatic rings. The van der Waals surface area contributed by atoms with Crippen LogP contribution in [0.5, 0.6) is 0 Å². The fourth-order valence-electron chi connectivity index (χ4n) is 0.914. The molecule has 0 saturated carbocycles. The Morgan fingerprint density at radius 2 is 2.13 bits per heavy atom. The first-order valence-electron chi connectivity index (χ1n) is 3.62. The number of nitrogens with zero attached hydrogens (tertiary/aromatic N) is 1. The van der Waals surface area contributed by atoms with Crippen molar-refractivity contribution in [2.24, 2.45) is 0 Å². The first-order valence-corrected chi connectivity index (χ1v) is 4.06. The number of esters is 1. The first kappa shape index (κ1) is 14.4. The van der Waals surface area contributed by atoms with Crippen molar-refractivity contribution in [2.75, 3.05) is 7.11 Å². The maximum atomic E-state index is 11.0. The average Bonchev–Trinajstić information content (AvgIpc) is 2.17. The minimum atomic E-state index is -0.610. The van der Waals surface area contributed by atoms with Gasteiger partial charge in [-0.1, -0.05) is 0 Å². The summed E-state index contributed by atoms with van der Waals surface area (Å²) in [5.41, 5.74) is -0.0757. The van der Waals surface area contributed by atoms with Crippen LogP contribution in [0, 0.1) is 10.1 Å². The van der Waals surface area contributed by atoms with Crippen molar-refractivity contribution in [1.29, 1.82) is 0 Å². The van der Waals surface area contributed by atoms with Gasteiger partial charge in [0.25, 0.3) is 5.69 Å². The van der Waals surface area contributed by atoms with Gasteiger partial charge in [0, 0.05) is 6.07 Å². The molecule has 1 aromatic rings. The van der Waals surface area contributed by atoms with Crippen molar-refractivity contribution in [1.82, 2.24) is 0 Å². The fraction of sp³-hybridized carbons (Fsp3) is 0.125. The van der Waals surface area contributed by atoms with Gasteiger partial charge in [-0.05, 0) is 12.1 Å². The summed E-state index contributed by atoms with van der Waals surface area (Å²) in [7, 11) is 1.21. The van der Waals surface area contributed by atoms with Gasteiger partial charge < -0.3 is 4.74 Å². The summed E-state index contributed by atoms with van der Waals surface area (Å²) < 4.78 is 4.42. The van der Waals surface area contributed by atoms with E-state index in [9.17, 15) is 14.9 Å². The predicted octanol–water partition coefficient (Wildman–Crippen LogP) is 1.02. The summed E-state index contributed by atoms with van der Waals surface area (Å²) in [5.74, 6) is -0.610. The summed E-state index contributed by atoms with van der Waals surface area (Å²) in [6.07, 6.45) is 0. The minimum absolute atomic E-state index is 0. The molecule has 0 spiro atoms. The molecule has 15 heavy (non-hydrogen) atoms. The standard InChI is InChI=1S/C8H7NO4S.Na.H/c1-13-8(10)5-2-3-7(14)6(4-5)9(11)12;;/h2-4,14H,1H3;;. The zero-order valence-corrected chi connectivity index (χ0v) is 8.15. The number of thiol groups is 1. The number of hydrogen-bond acceptors (Lipinski definition) is 5. The number of nitro groups is 1. The van der Waals surface area contributed by atoms with Crippen LogP contribution in [-0.4, -0.2) is 47.6 Å². The molecule has 5 nitrogen and oxygen atoms in total. The molecule has 0 aromatic heterocycles. The van der Waals surface area contributed by atoms with Gasteiger partial charge in [-0.2, -0.15) is 0 Å².